The highest BCUT2D eigenvalue weighted by Gasteiger charge is 1.96. The monoisotopic (exact) mass is 155 g/mol. The highest BCUT2D eigenvalue weighted by atomic mass is 35.5. The summed E-state index contributed by atoms with van der Waals surface area (Å²) < 4.78 is 0. The quantitative estimate of drug-likeness (QED) is 0.608. The molecule has 0 aliphatic rings. The van der Waals surface area contributed by atoms with E-state index in [0.29, 0.717) is 0 Å². The minimum Gasteiger partial charge on any atom is -0.261 e. The molecule has 0 atom stereocenters. The number of halogens is 1. The standard InChI is InChI=1S/C8H10ClN/c1-3-7-5-10-6(2)4-8(7)9/h4-5H,3H2,1-2H3. The molecule has 0 unspecified atom stereocenters. The summed E-state index contributed by atoms with van der Waals surface area (Å²) in [6.45, 7) is 4.00. The average molecular weight is 156 g/mol. The minimum atomic E-state index is 0.829. The van der Waals surface area contributed by atoms with Crippen LogP contribution in [0.2, 0.25) is 5.02 Å². The summed E-state index contributed by atoms with van der Waals surface area (Å²) in [6, 6.07) is 1.89. The van der Waals surface area contributed by atoms with Crippen LogP contribution in [0.25, 0.3) is 0 Å². The number of hydrogen-bond acceptors (Lipinski definition) is 1. The molecule has 0 saturated carbocycles. The third kappa shape index (κ3) is 1.48. The molecule has 0 radical (unpaired) electrons. The first-order valence-electron chi connectivity index (χ1n) is 3.35. The number of aryl methyl sites for hydroxylation is 2. The molecule has 1 nitrogen and oxygen atoms in total. The Labute approximate surface area is 66.0 Å². The Bertz CT molecular complexity index is 233. The lowest BCUT2D eigenvalue weighted by molar-refractivity contribution is 1.08. The van der Waals surface area contributed by atoms with Crippen molar-refractivity contribution >= 4 is 11.6 Å². The molecule has 0 saturated heterocycles. The smallest absolute Gasteiger partial charge is 0.0471 e. The van der Waals surface area contributed by atoms with E-state index in [2.05, 4.69) is 11.9 Å². The molecular weight excluding hydrogens is 146 g/mol. The first-order valence-corrected chi connectivity index (χ1v) is 3.73. The van der Waals surface area contributed by atoms with E-state index in [-0.39, 0.29) is 0 Å². The van der Waals surface area contributed by atoms with Gasteiger partial charge in [-0.05, 0) is 25.0 Å². The summed E-state index contributed by atoms with van der Waals surface area (Å²) in [7, 11) is 0. The van der Waals surface area contributed by atoms with Crippen LogP contribution in [0, 0.1) is 6.92 Å². The van der Waals surface area contributed by atoms with Crippen LogP contribution in [0.15, 0.2) is 12.3 Å². The summed E-state index contributed by atoms with van der Waals surface area (Å²) >= 11 is 5.89. The summed E-state index contributed by atoms with van der Waals surface area (Å²) in [4.78, 5) is 4.13. The molecule has 1 aromatic heterocycles. The number of nitrogens with zero attached hydrogens (tertiary/aromatic N) is 1. The molecule has 0 aliphatic carbocycles. The first-order chi connectivity index (χ1) is 4.74. The van der Waals surface area contributed by atoms with Gasteiger partial charge in [-0.1, -0.05) is 18.5 Å². The van der Waals surface area contributed by atoms with Gasteiger partial charge in [-0.3, -0.25) is 4.98 Å². The Hall–Kier alpha value is -0.560. The molecule has 2 heteroatoms. The maximum absolute atomic E-state index is 5.89. The lowest BCUT2D eigenvalue weighted by atomic mass is 10.2. The fraction of sp³-hybridized carbons (Fsp3) is 0.375. The van der Waals surface area contributed by atoms with E-state index in [1.54, 1.807) is 0 Å². The van der Waals surface area contributed by atoms with Gasteiger partial charge in [0.15, 0.2) is 0 Å². The Morgan fingerprint density at radius 2 is 2.30 bits per heavy atom. The fourth-order valence-electron chi connectivity index (χ4n) is 0.815. The van der Waals surface area contributed by atoms with Crippen molar-refractivity contribution in [2.75, 3.05) is 0 Å². The van der Waals surface area contributed by atoms with Gasteiger partial charge in [-0.25, -0.2) is 0 Å². The maximum atomic E-state index is 5.89. The molecule has 1 aromatic rings. The molecule has 0 amide bonds. The van der Waals surface area contributed by atoms with Crippen molar-refractivity contribution in [1.82, 2.24) is 4.98 Å². The number of rotatable bonds is 1. The Morgan fingerprint density at radius 1 is 1.60 bits per heavy atom. The number of pyridine rings is 1. The molecule has 10 heavy (non-hydrogen) atoms. The number of hydrogen-bond donors (Lipinski definition) is 0. The maximum Gasteiger partial charge on any atom is 0.0471 e. The van der Waals surface area contributed by atoms with Crippen LogP contribution in [0.4, 0.5) is 0 Å². The zero-order valence-electron chi connectivity index (χ0n) is 6.19. The second-order valence-corrected chi connectivity index (χ2v) is 2.68. The summed E-state index contributed by atoms with van der Waals surface area (Å²) in [5.74, 6) is 0. The topological polar surface area (TPSA) is 12.9 Å². The van der Waals surface area contributed by atoms with Gasteiger partial charge in [0.1, 0.15) is 0 Å². The van der Waals surface area contributed by atoms with Crippen LogP contribution >= 0.6 is 11.6 Å². The van der Waals surface area contributed by atoms with E-state index in [4.69, 9.17) is 11.6 Å². The largest absolute Gasteiger partial charge is 0.261 e. The van der Waals surface area contributed by atoms with Gasteiger partial charge in [0.25, 0.3) is 0 Å². The summed E-state index contributed by atoms with van der Waals surface area (Å²) in [5, 5.41) is 0.829. The zero-order chi connectivity index (χ0) is 7.56. The molecular formula is C8H10ClN. The van der Waals surface area contributed by atoms with Gasteiger partial charge in [0.2, 0.25) is 0 Å². The van der Waals surface area contributed by atoms with Crippen molar-refractivity contribution in [3.8, 4) is 0 Å². The number of aromatic nitrogens is 1. The molecule has 54 valence electrons. The van der Waals surface area contributed by atoms with Crippen LogP contribution in [0.3, 0.4) is 0 Å². The normalized spacial score (nSPS) is 9.90. The molecule has 1 heterocycles. The molecule has 0 spiro atoms. The fourth-order valence-corrected chi connectivity index (χ4v) is 1.16. The van der Waals surface area contributed by atoms with Crippen molar-refractivity contribution in [3.63, 3.8) is 0 Å². The minimum absolute atomic E-state index is 0.829. The van der Waals surface area contributed by atoms with Gasteiger partial charge in [0.05, 0.1) is 0 Å². The van der Waals surface area contributed by atoms with Crippen molar-refractivity contribution < 1.29 is 0 Å². The Morgan fingerprint density at radius 3 is 2.80 bits per heavy atom. The van der Waals surface area contributed by atoms with Gasteiger partial charge < -0.3 is 0 Å². The van der Waals surface area contributed by atoms with Crippen molar-refractivity contribution in [2.24, 2.45) is 0 Å². The van der Waals surface area contributed by atoms with Crippen LogP contribution < -0.4 is 0 Å². The van der Waals surface area contributed by atoms with Crippen LogP contribution in [0.1, 0.15) is 18.2 Å². The second-order valence-electron chi connectivity index (χ2n) is 2.27. The van der Waals surface area contributed by atoms with Crippen LogP contribution in [-0.2, 0) is 6.42 Å². The second kappa shape index (κ2) is 3.02. The highest BCUT2D eigenvalue weighted by Crippen LogP contribution is 2.15. The molecule has 0 aromatic carbocycles. The van der Waals surface area contributed by atoms with E-state index in [1.165, 1.54) is 0 Å². The predicted molar refractivity (Wildman–Crippen MR) is 43.4 cm³/mol. The lowest BCUT2D eigenvalue weighted by Gasteiger charge is -1.99. The molecule has 0 bridgehead atoms. The third-order valence-electron chi connectivity index (χ3n) is 1.45. The average Bonchev–Trinajstić information content (AvgIpc) is 1.88. The zero-order valence-corrected chi connectivity index (χ0v) is 6.94. The van der Waals surface area contributed by atoms with E-state index < -0.39 is 0 Å². The molecule has 0 N–H and O–H groups in total. The Balaban J connectivity index is 3.07. The Kier molecular flexibility index (Phi) is 2.28. The summed E-state index contributed by atoms with van der Waals surface area (Å²) in [6.07, 6.45) is 2.78. The van der Waals surface area contributed by atoms with Gasteiger partial charge in [-0.15, -0.1) is 0 Å². The van der Waals surface area contributed by atoms with E-state index in [0.717, 1.165) is 22.7 Å². The predicted octanol–water partition coefficient (Wildman–Crippen LogP) is 2.61. The highest BCUT2D eigenvalue weighted by molar-refractivity contribution is 6.31. The summed E-state index contributed by atoms with van der Waals surface area (Å²) in [5.41, 5.74) is 2.09. The molecule has 0 aliphatic heterocycles. The third-order valence-corrected chi connectivity index (χ3v) is 1.80. The van der Waals surface area contributed by atoms with Crippen molar-refractivity contribution in [2.45, 2.75) is 20.3 Å². The van der Waals surface area contributed by atoms with Gasteiger partial charge >= 0.3 is 0 Å². The van der Waals surface area contributed by atoms with Crippen LogP contribution in [0.5, 0.6) is 0 Å². The van der Waals surface area contributed by atoms with Gasteiger partial charge in [0, 0.05) is 16.9 Å². The van der Waals surface area contributed by atoms with Gasteiger partial charge in [-0.2, -0.15) is 0 Å². The van der Waals surface area contributed by atoms with E-state index in [1.807, 2.05) is 19.2 Å². The van der Waals surface area contributed by atoms with Crippen LogP contribution in [-0.4, -0.2) is 4.98 Å². The van der Waals surface area contributed by atoms with Crippen molar-refractivity contribution in [1.29, 1.82) is 0 Å². The SMILES string of the molecule is CCc1cnc(C)cc1Cl. The van der Waals surface area contributed by atoms with E-state index >= 15 is 0 Å². The first kappa shape index (κ1) is 7.55. The van der Waals surface area contributed by atoms with Crippen molar-refractivity contribution in [3.05, 3.63) is 28.5 Å². The molecule has 0 fully saturated rings. The lowest BCUT2D eigenvalue weighted by Crippen LogP contribution is -1.86. The van der Waals surface area contributed by atoms with E-state index in [9.17, 15) is 0 Å². The molecule has 1 rings (SSSR count).